The first kappa shape index (κ1) is 11.5. The van der Waals surface area contributed by atoms with Gasteiger partial charge in [-0.3, -0.25) is 4.79 Å². The van der Waals surface area contributed by atoms with Crippen LogP contribution in [0.15, 0.2) is 17.0 Å². The monoisotopic (exact) mass is 253 g/mol. The Balaban J connectivity index is 3.69. The first-order valence-electron chi connectivity index (χ1n) is 3.34. The van der Waals surface area contributed by atoms with E-state index in [4.69, 9.17) is 28.3 Å². The van der Waals surface area contributed by atoms with Crippen LogP contribution in [0.2, 0.25) is 10.0 Å². The molecule has 7 heteroatoms. The lowest BCUT2D eigenvalue weighted by molar-refractivity contribution is 0.112. The minimum atomic E-state index is -4.05. The van der Waals surface area contributed by atoms with E-state index in [1.165, 1.54) is 12.1 Å². The minimum Gasteiger partial charge on any atom is -0.298 e. The van der Waals surface area contributed by atoms with Crippen LogP contribution in [0.5, 0.6) is 0 Å². The molecule has 0 unspecified atom stereocenters. The molecule has 0 saturated carbocycles. The minimum absolute atomic E-state index is 0.0290. The predicted octanol–water partition coefficient (Wildman–Crippen LogP) is 1.45. The quantitative estimate of drug-likeness (QED) is 0.811. The van der Waals surface area contributed by atoms with Gasteiger partial charge in [0, 0.05) is 5.56 Å². The van der Waals surface area contributed by atoms with Crippen molar-refractivity contribution in [2.45, 2.75) is 4.90 Å². The average molecular weight is 254 g/mol. The number of sulfonamides is 1. The van der Waals surface area contributed by atoms with E-state index in [0.717, 1.165) is 0 Å². The third-order valence-electron chi connectivity index (χ3n) is 1.49. The number of hydrogen-bond donors (Lipinski definition) is 1. The molecular formula is C7H5Cl2NO3S. The number of carbonyl (C=O) groups is 1. The fourth-order valence-corrected chi connectivity index (χ4v) is 2.44. The van der Waals surface area contributed by atoms with Gasteiger partial charge >= 0.3 is 0 Å². The Hall–Kier alpha value is -0.620. The lowest BCUT2D eigenvalue weighted by Crippen LogP contribution is -2.15. The fourth-order valence-electron chi connectivity index (χ4n) is 0.929. The van der Waals surface area contributed by atoms with Crippen LogP contribution in [0.1, 0.15) is 10.4 Å². The zero-order valence-electron chi connectivity index (χ0n) is 6.70. The van der Waals surface area contributed by atoms with Crippen molar-refractivity contribution in [2.75, 3.05) is 0 Å². The van der Waals surface area contributed by atoms with Crippen LogP contribution in [0, 0.1) is 0 Å². The highest BCUT2D eigenvalue weighted by Gasteiger charge is 2.19. The molecule has 0 saturated heterocycles. The maximum Gasteiger partial charge on any atom is 0.240 e. The van der Waals surface area contributed by atoms with Crippen molar-refractivity contribution in [3.8, 4) is 0 Å². The molecule has 0 aliphatic heterocycles. The highest BCUT2D eigenvalue weighted by molar-refractivity contribution is 7.89. The van der Waals surface area contributed by atoms with Crippen molar-refractivity contribution < 1.29 is 13.2 Å². The van der Waals surface area contributed by atoms with E-state index in [9.17, 15) is 13.2 Å². The van der Waals surface area contributed by atoms with Crippen molar-refractivity contribution in [3.63, 3.8) is 0 Å². The van der Waals surface area contributed by atoms with Crippen LogP contribution in [-0.4, -0.2) is 14.7 Å². The molecule has 0 spiro atoms. The number of hydrogen-bond acceptors (Lipinski definition) is 3. The van der Waals surface area contributed by atoms with Gasteiger partial charge in [0.1, 0.15) is 4.90 Å². The molecule has 0 aromatic heterocycles. The summed E-state index contributed by atoms with van der Waals surface area (Å²) in [4.78, 5) is 10.1. The zero-order chi connectivity index (χ0) is 10.9. The highest BCUT2D eigenvalue weighted by Crippen LogP contribution is 2.30. The largest absolute Gasteiger partial charge is 0.298 e. The molecule has 1 aromatic carbocycles. The van der Waals surface area contributed by atoms with E-state index < -0.39 is 14.9 Å². The Morgan fingerprint density at radius 2 is 1.86 bits per heavy atom. The van der Waals surface area contributed by atoms with Crippen molar-refractivity contribution in [1.82, 2.24) is 0 Å². The van der Waals surface area contributed by atoms with Crippen molar-refractivity contribution in [3.05, 3.63) is 27.7 Å². The van der Waals surface area contributed by atoms with Crippen LogP contribution >= 0.6 is 23.2 Å². The number of aldehydes is 1. The Bertz CT molecular complexity index is 484. The number of carbonyl (C=O) groups excluding carboxylic acids is 1. The number of rotatable bonds is 2. The molecule has 76 valence electrons. The summed E-state index contributed by atoms with van der Waals surface area (Å²) in [6.07, 6.45) is 0.349. The second-order valence-electron chi connectivity index (χ2n) is 2.44. The summed E-state index contributed by atoms with van der Waals surface area (Å²) in [6.45, 7) is 0. The van der Waals surface area contributed by atoms with Crippen molar-refractivity contribution >= 4 is 39.5 Å². The van der Waals surface area contributed by atoms with Gasteiger partial charge in [0.25, 0.3) is 0 Å². The van der Waals surface area contributed by atoms with E-state index in [1.807, 2.05) is 0 Å². The second-order valence-corrected chi connectivity index (χ2v) is 4.73. The van der Waals surface area contributed by atoms with Crippen molar-refractivity contribution in [2.24, 2.45) is 5.14 Å². The van der Waals surface area contributed by atoms with Crippen LogP contribution in [-0.2, 0) is 10.0 Å². The molecule has 0 aliphatic carbocycles. The van der Waals surface area contributed by atoms with E-state index in [-0.39, 0.29) is 15.6 Å². The summed E-state index contributed by atoms with van der Waals surface area (Å²) in [7, 11) is -4.05. The van der Waals surface area contributed by atoms with E-state index >= 15 is 0 Å². The zero-order valence-corrected chi connectivity index (χ0v) is 9.03. The summed E-state index contributed by atoms with van der Waals surface area (Å²) < 4.78 is 22.1. The van der Waals surface area contributed by atoms with Gasteiger partial charge in [-0.1, -0.05) is 23.2 Å². The maximum atomic E-state index is 11.1. The van der Waals surface area contributed by atoms with Gasteiger partial charge in [-0.2, -0.15) is 0 Å². The first-order chi connectivity index (χ1) is 6.38. The Morgan fingerprint density at radius 3 is 2.29 bits per heavy atom. The van der Waals surface area contributed by atoms with Gasteiger partial charge in [0.15, 0.2) is 6.29 Å². The standard InChI is InChI=1S/C7H5Cl2NO3S/c8-5-2-1-4(3-11)7(6(5)9)14(10,12)13/h1-3H,(H2,10,12,13). The Kier molecular flexibility index (Phi) is 3.16. The number of halogens is 2. The molecule has 4 nitrogen and oxygen atoms in total. The summed E-state index contributed by atoms with van der Waals surface area (Å²) in [5.41, 5.74) is -0.109. The van der Waals surface area contributed by atoms with E-state index in [1.54, 1.807) is 0 Å². The smallest absolute Gasteiger partial charge is 0.240 e. The molecule has 0 heterocycles. The lowest BCUT2D eigenvalue weighted by Gasteiger charge is -2.05. The summed E-state index contributed by atoms with van der Waals surface area (Å²) in [5, 5.41) is 4.66. The van der Waals surface area contributed by atoms with Gasteiger partial charge in [-0.05, 0) is 12.1 Å². The average Bonchev–Trinajstić information content (AvgIpc) is 2.07. The van der Waals surface area contributed by atoms with Gasteiger partial charge in [0.2, 0.25) is 10.0 Å². The van der Waals surface area contributed by atoms with E-state index in [0.29, 0.717) is 6.29 Å². The number of nitrogens with two attached hydrogens (primary N) is 1. The second kappa shape index (κ2) is 3.86. The van der Waals surface area contributed by atoms with Gasteiger partial charge in [-0.15, -0.1) is 0 Å². The van der Waals surface area contributed by atoms with Crippen LogP contribution < -0.4 is 5.14 Å². The Morgan fingerprint density at radius 1 is 1.29 bits per heavy atom. The molecule has 14 heavy (non-hydrogen) atoms. The molecule has 2 N–H and O–H groups in total. The topological polar surface area (TPSA) is 77.2 Å². The lowest BCUT2D eigenvalue weighted by atomic mass is 10.2. The molecule has 0 radical (unpaired) electrons. The van der Waals surface area contributed by atoms with E-state index in [2.05, 4.69) is 0 Å². The predicted molar refractivity (Wildman–Crippen MR) is 53.2 cm³/mol. The van der Waals surface area contributed by atoms with Crippen LogP contribution in [0.25, 0.3) is 0 Å². The fraction of sp³-hybridized carbons (Fsp3) is 0. The molecule has 1 rings (SSSR count). The molecule has 0 fully saturated rings. The first-order valence-corrected chi connectivity index (χ1v) is 5.64. The maximum absolute atomic E-state index is 11.1. The molecule has 0 amide bonds. The van der Waals surface area contributed by atoms with Gasteiger partial charge in [0.05, 0.1) is 10.0 Å². The van der Waals surface area contributed by atoms with Gasteiger partial charge in [-0.25, -0.2) is 13.6 Å². The third-order valence-corrected chi connectivity index (χ3v) is 3.42. The molecule has 1 aromatic rings. The normalized spacial score (nSPS) is 11.4. The molecule has 0 bridgehead atoms. The third kappa shape index (κ3) is 2.06. The summed E-state index contributed by atoms with van der Waals surface area (Å²) in [5.74, 6) is 0. The molecule has 0 aliphatic rings. The Labute approximate surface area is 90.7 Å². The van der Waals surface area contributed by atoms with Gasteiger partial charge < -0.3 is 0 Å². The van der Waals surface area contributed by atoms with Crippen molar-refractivity contribution in [1.29, 1.82) is 0 Å². The SMILES string of the molecule is NS(=O)(=O)c1c(C=O)ccc(Cl)c1Cl. The summed E-state index contributed by atoms with van der Waals surface area (Å²) in [6, 6.07) is 2.56. The number of primary sulfonamides is 1. The molecule has 0 atom stereocenters. The molecular weight excluding hydrogens is 249 g/mol. The number of benzene rings is 1. The van der Waals surface area contributed by atoms with Crippen LogP contribution in [0.4, 0.5) is 0 Å². The summed E-state index contributed by atoms with van der Waals surface area (Å²) >= 11 is 11.2. The van der Waals surface area contributed by atoms with Crippen LogP contribution in [0.3, 0.4) is 0 Å². The highest BCUT2D eigenvalue weighted by atomic mass is 35.5.